The third kappa shape index (κ3) is 3.48. The van der Waals surface area contributed by atoms with Crippen molar-refractivity contribution in [2.45, 2.75) is 0 Å². The van der Waals surface area contributed by atoms with Gasteiger partial charge in [-0.3, -0.25) is 9.59 Å². The van der Waals surface area contributed by atoms with Crippen molar-refractivity contribution >= 4 is 28.3 Å². The molecule has 0 radical (unpaired) electrons. The van der Waals surface area contributed by atoms with E-state index in [-0.39, 0.29) is 17.0 Å². The molecule has 4 aromatic rings. The maximum Gasteiger partial charge on any atom is 0.259 e. The number of furan rings is 1. The normalized spacial score (nSPS) is 10.7. The molecule has 5 nitrogen and oxygen atoms in total. The van der Waals surface area contributed by atoms with Crippen LogP contribution in [0.2, 0.25) is 0 Å². The second-order valence-electron chi connectivity index (χ2n) is 6.29. The van der Waals surface area contributed by atoms with Gasteiger partial charge in [0, 0.05) is 10.9 Å². The number of rotatable bonds is 5. The summed E-state index contributed by atoms with van der Waals surface area (Å²) in [6.45, 7) is 0. The summed E-state index contributed by atoms with van der Waals surface area (Å²) in [7, 11) is 1.48. The number of methoxy groups -OCH3 is 1. The second-order valence-corrected chi connectivity index (χ2v) is 6.29. The number of carbonyl (C=O) groups excluding carboxylic acids is 2. The molecule has 0 unspecified atom stereocenters. The fourth-order valence-electron chi connectivity index (χ4n) is 3.07. The van der Waals surface area contributed by atoms with Gasteiger partial charge in [0.2, 0.25) is 5.78 Å². The fraction of sp³-hybridized carbons (Fsp3) is 0.0435. The van der Waals surface area contributed by atoms with Crippen molar-refractivity contribution in [2.24, 2.45) is 0 Å². The average molecular weight is 389 g/mol. The average Bonchev–Trinajstić information content (AvgIpc) is 3.12. The van der Waals surface area contributed by atoms with Crippen LogP contribution in [0.4, 0.5) is 10.1 Å². The van der Waals surface area contributed by atoms with Gasteiger partial charge in [-0.05, 0) is 48.5 Å². The number of benzene rings is 3. The molecule has 1 heterocycles. The molecule has 0 atom stereocenters. The predicted molar refractivity (Wildman–Crippen MR) is 107 cm³/mol. The fourth-order valence-corrected chi connectivity index (χ4v) is 3.07. The SMILES string of the molecule is COc1ccccc1C(=O)Nc1c(C(=O)c2ccc(F)cc2)oc2ccccc12. The van der Waals surface area contributed by atoms with Gasteiger partial charge in [-0.25, -0.2) is 4.39 Å². The zero-order valence-electron chi connectivity index (χ0n) is 15.4. The third-order valence-corrected chi connectivity index (χ3v) is 4.50. The number of carbonyl (C=O) groups is 2. The van der Waals surface area contributed by atoms with Gasteiger partial charge in [-0.15, -0.1) is 0 Å². The molecule has 4 rings (SSSR count). The van der Waals surface area contributed by atoms with Crippen LogP contribution in [0.1, 0.15) is 26.5 Å². The minimum Gasteiger partial charge on any atom is -0.496 e. The van der Waals surface area contributed by atoms with Gasteiger partial charge in [0.15, 0.2) is 5.76 Å². The van der Waals surface area contributed by atoms with Gasteiger partial charge in [-0.2, -0.15) is 0 Å². The van der Waals surface area contributed by atoms with Crippen molar-refractivity contribution in [2.75, 3.05) is 12.4 Å². The Balaban J connectivity index is 1.79. The summed E-state index contributed by atoms with van der Waals surface area (Å²) in [5.41, 5.74) is 1.28. The summed E-state index contributed by atoms with van der Waals surface area (Å²) in [6.07, 6.45) is 0. The van der Waals surface area contributed by atoms with Crippen LogP contribution in [0.3, 0.4) is 0 Å². The summed E-state index contributed by atoms with van der Waals surface area (Å²) in [6, 6.07) is 18.9. The Labute approximate surface area is 165 Å². The van der Waals surface area contributed by atoms with E-state index in [0.29, 0.717) is 22.3 Å². The van der Waals surface area contributed by atoms with E-state index in [2.05, 4.69) is 5.32 Å². The van der Waals surface area contributed by atoms with Crippen molar-refractivity contribution in [3.63, 3.8) is 0 Å². The van der Waals surface area contributed by atoms with Crippen LogP contribution in [0.25, 0.3) is 11.0 Å². The lowest BCUT2D eigenvalue weighted by Gasteiger charge is -2.09. The molecule has 1 amide bonds. The molecule has 0 aliphatic rings. The molecule has 0 aliphatic heterocycles. The quantitative estimate of drug-likeness (QED) is 0.484. The first-order valence-corrected chi connectivity index (χ1v) is 8.84. The first-order valence-electron chi connectivity index (χ1n) is 8.84. The van der Waals surface area contributed by atoms with E-state index in [0.717, 1.165) is 0 Å². The van der Waals surface area contributed by atoms with Gasteiger partial charge in [-0.1, -0.05) is 24.3 Å². The smallest absolute Gasteiger partial charge is 0.259 e. The molecule has 6 heteroatoms. The van der Waals surface area contributed by atoms with E-state index in [1.54, 1.807) is 48.5 Å². The number of ketones is 1. The molecule has 1 N–H and O–H groups in total. The number of fused-ring (bicyclic) bond motifs is 1. The Morgan fingerprint density at radius 3 is 2.38 bits per heavy atom. The van der Waals surface area contributed by atoms with Crippen LogP contribution in [0, 0.1) is 5.82 Å². The van der Waals surface area contributed by atoms with E-state index < -0.39 is 17.5 Å². The molecule has 0 bridgehead atoms. The Bertz CT molecular complexity index is 1210. The summed E-state index contributed by atoms with van der Waals surface area (Å²) >= 11 is 0. The number of amides is 1. The number of nitrogens with one attached hydrogen (secondary N) is 1. The van der Waals surface area contributed by atoms with Gasteiger partial charge >= 0.3 is 0 Å². The minimum atomic E-state index is -0.462. The molecule has 144 valence electrons. The maximum atomic E-state index is 13.2. The molecule has 0 saturated heterocycles. The monoisotopic (exact) mass is 389 g/mol. The van der Waals surface area contributed by atoms with Crippen molar-refractivity contribution in [3.8, 4) is 5.75 Å². The number of para-hydroxylation sites is 2. The van der Waals surface area contributed by atoms with E-state index >= 15 is 0 Å². The lowest BCUT2D eigenvalue weighted by atomic mass is 10.1. The van der Waals surface area contributed by atoms with Crippen molar-refractivity contribution in [3.05, 3.63) is 95.5 Å². The summed E-state index contributed by atoms with van der Waals surface area (Å²) in [5, 5.41) is 3.36. The zero-order valence-corrected chi connectivity index (χ0v) is 15.4. The van der Waals surface area contributed by atoms with Crippen LogP contribution in [0.15, 0.2) is 77.2 Å². The number of hydrogen-bond donors (Lipinski definition) is 1. The molecule has 0 fully saturated rings. The molecule has 0 spiro atoms. The zero-order chi connectivity index (χ0) is 20.4. The largest absolute Gasteiger partial charge is 0.496 e. The second kappa shape index (κ2) is 7.59. The molecular weight excluding hydrogens is 373 g/mol. The summed E-state index contributed by atoms with van der Waals surface area (Å²) in [5.74, 6) is -0.972. The van der Waals surface area contributed by atoms with Gasteiger partial charge in [0.05, 0.1) is 18.4 Å². The Hall–Kier alpha value is -3.93. The highest BCUT2D eigenvalue weighted by atomic mass is 19.1. The molecular formula is C23H16FNO4. The van der Waals surface area contributed by atoms with E-state index in [1.165, 1.54) is 31.4 Å². The predicted octanol–water partition coefficient (Wildman–Crippen LogP) is 5.06. The number of halogens is 1. The highest BCUT2D eigenvalue weighted by Gasteiger charge is 2.24. The molecule has 29 heavy (non-hydrogen) atoms. The Morgan fingerprint density at radius 2 is 1.62 bits per heavy atom. The highest BCUT2D eigenvalue weighted by molar-refractivity contribution is 6.19. The van der Waals surface area contributed by atoms with Crippen LogP contribution in [-0.2, 0) is 0 Å². The standard InChI is InChI=1S/C23H16FNO4/c1-28-18-8-4-3-7-17(18)23(27)25-20-16-6-2-5-9-19(16)29-22(20)21(26)14-10-12-15(24)13-11-14/h2-13H,1H3,(H,25,27). The maximum absolute atomic E-state index is 13.2. The van der Waals surface area contributed by atoms with Crippen molar-refractivity contribution < 1.29 is 23.1 Å². The number of anilines is 1. The van der Waals surface area contributed by atoms with Gasteiger partial charge in [0.25, 0.3) is 5.91 Å². The van der Waals surface area contributed by atoms with Crippen LogP contribution < -0.4 is 10.1 Å². The van der Waals surface area contributed by atoms with Crippen molar-refractivity contribution in [1.82, 2.24) is 0 Å². The first-order chi connectivity index (χ1) is 14.1. The van der Waals surface area contributed by atoms with E-state index in [1.807, 2.05) is 0 Å². The number of ether oxygens (including phenoxy) is 1. The topological polar surface area (TPSA) is 68.5 Å². The highest BCUT2D eigenvalue weighted by Crippen LogP contribution is 2.33. The molecule has 0 aliphatic carbocycles. The van der Waals surface area contributed by atoms with Crippen molar-refractivity contribution in [1.29, 1.82) is 0 Å². The molecule has 1 aromatic heterocycles. The van der Waals surface area contributed by atoms with Gasteiger partial charge in [0.1, 0.15) is 17.1 Å². The minimum absolute atomic E-state index is 0.0268. The third-order valence-electron chi connectivity index (χ3n) is 4.50. The number of hydrogen-bond acceptors (Lipinski definition) is 4. The lowest BCUT2D eigenvalue weighted by molar-refractivity contribution is 0.101. The first kappa shape index (κ1) is 18.4. The van der Waals surface area contributed by atoms with E-state index in [4.69, 9.17) is 9.15 Å². The van der Waals surface area contributed by atoms with E-state index in [9.17, 15) is 14.0 Å². The summed E-state index contributed by atoms with van der Waals surface area (Å²) < 4.78 is 24.2. The lowest BCUT2D eigenvalue weighted by Crippen LogP contribution is -2.15. The Morgan fingerprint density at radius 1 is 0.931 bits per heavy atom. The van der Waals surface area contributed by atoms with Crippen LogP contribution in [0.5, 0.6) is 5.75 Å². The molecule has 0 saturated carbocycles. The Kier molecular flexibility index (Phi) is 4.83. The van der Waals surface area contributed by atoms with Gasteiger partial charge < -0.3 is 14.5 Å². The molecule has 3 aromatic carbocycles. The van der Waals surface area contributed by atoms with Crippen LogP contribution >= 0.6 is 0 Å². The summed E-state index contributed by atoms with van der Waals surface area (Å²) in [4.78, 5) is 25.9. The van der Waals surface area contributed by atoms with Crippen LogP contribution in [-0.4, -0.2) is 18.8 Å².